The van der Waals surface area contributed by atoms with Gasteiger partial charge in [-0.3, -0.25) is 0 Å². The van der Waals surface area contributed by atoms with Crippen LogP contribution in [0.5, 0.6) is 0 Å². The van der Waals surface area contributed by atoms with Crippen molar-refractivity contribution in [3.05, 3.63) is 158 Å². The number of thiophene rings is 1. The van der Waals surface area contributed by atoms with Gasteiger partial charge in [0.25, 0.3) is 0 Å². The highest BCUT2D eigenvalue weighted by molar-refractivity contribution is 7.25. The lowest BCUT2D eigenvalue weighted by atomic mass is 10.0. The van der Waals surface area contributed by atoms with Crippen LogP contribution in [-0.2, 0) is 0 Å². The lowest BCUT2D eigenvalue weighted by molar-refractivity contribution is 0.669. The smallest absolute Gasteiger partial charge is 0.164 e. The fourth-order valence-electron chi connectivity index (χ4n) is 7.55. The van der Waals surface area contributed by atoms with Crippen LogP contribution in [0.3, 0.4) is 0 Å². The van der Waals surface area contributed by atoms with E-state index in [0.29, 0.717) is 17.5 Å². The molecule has 0 radical (unpaired) electrons. The number of para-hydroxylation sites is 3. The number of fused-ring (bicyclic) bond motifs is 9. The van der Waals surface area contributed by atoms with Crippen LogP contribution in [0.4, 0.5) is 0 Å². The Morgan fingerprint density at radius 2 is 1.08 bits per heavy atom. The molecule has 5 nitrogen and oxygen atoms in total. The second kappa shape index (κ2) is 10.9. The SMILES string of the molecule is c1ccc(-n2c3ccccc3c3cc(-c4nc(-c5ccc6c(c5)oc5ccccc56)nc(-c5cccc6sc7ccccc7c56)n4)ccc32)cc1. The first-order chi connectivity index (χ1) is 25.3. The molecule has 0 saturated carbocycles. The minimum Gasteiger partial charge on any atom is -0.456 e. The van der Waals surface area contributed by atoms with Gasteiger partial charge >= 0.3 is 0 Å². The number of rotatable bonds is 4. The van der Waals surface area contributed by atoms with E-state index in [1.807, 2.05) is 18.2 Å². The van der Waals surface area contributed by atoms with Gasteiger partial charge in [-0.2, -0.15) is 0 Å². The Hall–Kier alpha value is -6.63. The maximum absolute atomic E-state index is 6.30. The van der Waals surface area contributed by atoms with Crippen molar-refractivity contribution in [1.82, 2.24) is 19.5 Å². The van der Waals surface area contributed by atoms with Crippen molar-refractivity contribution >= 4 is 75.3 Å². The quantitative estimate of drug-likeness (QED) is 0.187. The first-order valence-electron chi connectivity index (χ1n) is 16.9. The minimum absolute atomic E-state index is 0.598. The van der Waals surface area contributed by atoms with E-state index in [4.69, 9.17) is 19.4 Å². The van der Waals surface area contributed by atoms with E-state index in [2.05, 4.69) is 144 Å². The Balaban J connectivity index is 1.16. The van der Waals surface area contributed by atoms with Crippen LogP contribution < -0.4 is 0 Å². The van der Waals surface area contributed by atoms with E-state index in [0.717, 1.165) is 66.1 Å². The van der Waals surface area contributed by atoms with Gasteiger partial charge in [-0.05, 0) is 66.7 Å². The molecular formula is C45H26N4OS. The zero-order valence-electron chi connectivity index (χ0n) is 27.1. The van der Waals surface area contributed by atoms with Gasteiger partial charge in [0.15, 0.2) is 17.5 Å². The van der Waals surface area contributed by atoms with Gasteiger partial charge < -0.3 is 8.98 Å². The molecule has 0 N–H and O–H groups in total. The minimum atomic E-state index is 0.598. The van der Waals surface area contributed by atoms with Crippen LogP contribution in [0.15, 0.2) is 162 Å². The number of aromatic nitrogens is 4. The Labute approximate surface area is 295 Å². The van der Waals surface area contributed by atoms with Crippen molar-refractivity contribution in [2.75, 3.05) is 0 Å². The first-order valence-corrected chi connectivity index (χ1v) is 17.8. The van der Waals surface area contributed by atoms with Crippen molar-refractivity contribution in [3.8, 4) is 39.9 Å². The van der Waals surface area contributed by atoms with Gasteiger partial charge in [0.1, 0.15) is 11.2 Å². The number of hydrogen-bond acceptors (Lipinski definition) is 5. The lowest BCUT2D eigenvalue weighted by Gasteiger charge is -2.10. The van der Waals surface area contributed by atoms with E-state index >= 15 is 0 Å². The van der Waals surface area contributed by atoms with Crippen LogP contribution in [0, 0.1) is 0 Å². The molecule has 51 heavy (non-hydrogen) atoms. The molecular weight excluding hydrogens is 645 g/mol. The predicted molar refractivity (Wildman–Crippen MR) is 211 cm³/mol. The largest absolute Gasteiger partial charge is 0.456 e. The zero-order chi connectivity index (χ0) is 33.5. The van der Waals surface area contributed by atoms with Gasteiger partial charge in [0.2, 0.25) is 0 Å². The Morgan fingerprint density at radius 1 is 0.431 bits per heavy atom. The van der Waals surface area contributed by atoms with Gasteiger partial charge in [-0.25, -0.2) is 15.0 Å². The van der Waals surface area contributed by atoms with Crippen LogP contribution in [0.25, 0.3) is 104 Å². The first kappa shape index (κ1) is 28.2. The van der Waals surface area contributed by atoms with E-state index in [9.17, 15) is 0 Å². The molecule has 0 saturated heterocycles. The Kier molecular flexibility index (Phi) is 6.05. The van der Waals surface area contributed by atoms with Gasteiger partial charge in [-0.1, -0.05) is 91.0 Å². The third kappa shape index (κ3) is 4.37. The summed E-state index contributed by atoms with van der Waals surface area (Å²) in [5.41, 5.74) is 7.86. The zero-order valence-corrected chi connectivity index (χ0v) is 27.9. The molecule has 238 valence electrons. The topological polar surface area (TPSA) is 56.7 Å². The maximum atomic E-state index is 6.30. The molecule has 0 aliphatic heterocycles. The summed E-state index contributed by atoms with van der Waals surface area (Å²) >= 11 is 1.79. The Morgan fingerprint density at radius 3 is 1.96 bits per heavy atom. The molecule has 0 atom stereocenters. The monoisotopic (exact) mass is 670 g/mol. The van der Waals surface area contributed by atoms with E-state index in [-0.39, 0.29) is 0 Å². The van der Waals surface area contributed by atoms with E-state index in [1.165, 1.54) is 20.2 Å². The summed E-state index contributed by atoms with van der Waals surface area (Å²) < 4.78 is 11.1. The Bertz CT molecular complexity index is 3150. The molecule has 4 aromatic heterocycles. The standard InChI is InChI=1S/C45H26N4OS/c1-2-11-29(12-3-1)49-36-17-7-4-13-30(36)35-25-27(22-24-37(35)49)43-46-44(28-21-23-32-31-14-5-8-18-38(31)50-39(32)26-28)48-45(47-43)34-16-10-20-41-42(34)33-15-6-9-19-40(33)51-41/h1-26H. The molecule has 0 fully saturated rings. The van der Waals surface area contributed by atoms with Crippen molar-refractivity contribution < 1.29 is 4.42 Å². The highest BCUT2D eigenvalue weighted by Gasteiger charge is 2.19. The molecule has 0 unspecified atom stereocenters. The van der Waals surface area contributed by atoms with Gasteiger partial charge in [-0.15, -0.1) is 11.3 Å². The average molecular weight is 671 g/mol. The molecule has 6 heteroatoms. The van der Waals surface area contributed by atoms with Crippen molar-refractivity contribution in [2.24, 2.45) is 0 Å². The van der Waals surface area contributed by atoms with Crippen molar-refractivity contribution in [2.45, 2.75) is 0 Å². The highest BCUT2D eigenvalue weighted by atomic mass is 32.1. The fraction of sp³-hybridized carbons (Fsp3) is 0. The average Bonchev–Trinajstić information content (AvgIpc) is 3.87. The molecule has 11 rings (SSSR count). The normalized spacial score (nSPS) is 11.9. The van der Waals surface area contributed by atoms with Crippen LogP contribution in [0.2, 0.25) is 0 Å². The summed E-state index contributed by atoms with van der Waals surface area (Å²) in [5.74, 6) is 1.86. The summed E-state index contributed by atoms with van der Waals surface area (Å²) in [6.07, 6.45) is 0. The van der Waals surface area contributed by atoms with Crippen molar-refractivity contribution in [1.29, 1.82) is 0 Å². The highest BCUT2D eigenvalue weighted by Crippen LogP contribution is 2.41. The fourth-order valence-corrected chi connectivity index (χ4v) is 8.68. The third-order valence-corrected chi connectivity index (χ3v) is 11.0. The molecule has 7 aromatic carbocycles. The molecule has 0 aliphatic carbocycles. The van der Waals surface area contributed by atoms with Gasteiger partial charge in [0.05, 0.1) is 11.0 Å². The van der Waals surface area contributed by atoms with Gasteiger partial charge in [0, 0.05) is 64.1 Å². The number of benzene rings is 7. The number of hydrogen-bond donors (Lipinski definition) is 0. The number of furan rings is 1. The second-order valence-corrected chi connectivity index (χ2v) is 13.9. The third-order valence-electron chi connectivity index (χ3n) is 9.86. The molecule has 0 amide bonds. The maximum Gasteiger partial charge on any atom is 0.164 e. The summed E-state index contributed by atoms with van der Waals surface area (Å²) in [4.78, 5) is 15.6. The summed E-state index contributed by atoms with van der Waals surface area (Å²) in [6, 6.07) is 55.0. The van der Waals surface area contributed by atoms with Crippen LogP contribution >= 0.6 is 11.3 Å². The van der Waals surface area contributed by atoms with Crippen molar-refractivity contribution in [3.63, 3.8) is 0 Å². The second-order valence-electron chi connectivity index (χ2n) is 12.8. The summed E-state index contributed by atoms with van der Waals surface area (Å²) in [7, 11) is 0. The summed E-state index contributed by atoms with van der Waals surface area (Å²) in [6.45, 7) is 0. The number of nitrogens with zero attached hydrogens (tertiary/aromatic N) is 4. The predicted octanol–water partition coefficient (Wildman–Crippen LogP) is 12.2. The van der Waals surface area contributed by atoms with E-state index < -0.39 is 0 Å². The molecule has 11 aromatic rings. The summed E-state index contributed by atoms with van der Waals surface area (Å²) in [5, 5.41) is 6.85. The molecule has 4 heterocycles. The lowest BCUT2D eigenvalue weighted by Crippen LogP contribution is -2.00. The molecule has 0 spiro atoms. The van der Waals surface area contributed by atoms with Crippen LogP contribution in [-0.4, -0.2) is 19.5 Å². The molecule has 0 bridgehead atoms. The van der Waals surface area contributed by atoms with E-state index in [1.54, 1.807) is 11.3 Å². The molecule has 0 aliphatic rings. The van der Waals surface area contributed by atoms with Crippen LogP contribution in [0.1, 0.15) is 0 Å².